The Labute approximate surface area is 132 Å². The lowest BCUT2D eigenvalue weighted by Gasteiger charge is -2.13. The summed E-state index contributed by atoms with van der Waals surface area (Å²) in [6.07, 6.45) is 2.57. The molecule has 0 saturated carbocycles. The van der Waals surface area contributed by atoms with E-state index in [2.05, 4.69) is 37.9 Å². The van der Waals surface area contributed by atoms with Crippen LogP contribution in [-0.4, -0.2) is 24.8 Å². The fourth-order valence-electron chi connectivity index (χ4n) is 2.34. The first kappa shape index (κ1) is 16.2. The lowest BCUT2D eigenvalue weighted by molar-refractivity contribution is 0.552. The molecule has 0 radical (unpaired) electrons. The van der Waals surface area contributed by atoms with Crippen LogP contribution in [0, 0.1) is 19.7 Å². The fraction of sp³-hybridized carbons (Fsp3) is 0.316. The Balaban J connectivity index is 2.32. The van der Waals surface area contributed by atoms with Gasteiger partial charge in [0.15, 0.2) is 0 Å². The molecule has 0 aliphatic rings. The van der Waals surface area contributed by atoms with Gasteiger partial charge in [-0.25, -0.2) is 9.38 Å². The number of benzene rings is 2. The maximum absolute atomic E-state index is 13.3. The van der Waals surface area contributed by atoms with Crippen molar-refractivity contribution in [3.63, 3.8) is 0 Å². The van der Waals surface area contributed by atoms with E-state index in [4.69, 9.17) is 0 Å². The van der Waals surface area contributed by atoms with Crippen LogP contribution in [-0.2, 0) is 6.42 Å². The summed E-state index contributed by atoms with van der Waals surface area (Å²) in [5.74, 6) is -0.189. The second-order valence-corrected chi connectivity index (χ2v) is 5.69. The molecule has 0 aliphatic heterocycles. The van der Waals surface area contributed by atoms with Gasteiger partial charge in [0, 0.05) is 13.6 Å². The van der Waals surface area contributed by atoms with Gasteiger partial charge in [0.05, 0.1) is 12.0 Å². The van der Waals surface area contributed by atoms with Crippen molar-refractivity contribution < 1.29 is 4.39 Å². The summed E-state index contributed by atoms with van der Waals surface area (Å²) in [6, 6.07) is 11.0. The molecular formula is C19H23FN2. The van der Waals surface area contributed by atoms with Crippen molar-refractivity contribution in [2.75, 3.05) is 13.6 Å². The minimum Gasteiger partial charge on any atom is -0.366 e. The number of hydrogen-bond acceptors (Lipinski definition) is 1. The zero-order chi connectivity index (χ0) is 16.1. The topological polar surface area (TPSA) is 15.6 Å². The van der Waals surface area contributed by atoms with Crippen LogP contribution in [0.4, 0.5) is 10.1 Å². The van der Waals surface area contributed by atoms with Crippen LogP contribution in [0.5, 0.6) is 0 Å². The lowest BCUT2D eigenvalue weighted by atomic mass is 9.97. The molecule has 0 heterocycles. The summed E-state index contributed by atoms with van der Waals surface area (Å²) in [5.41, 5.74) is 5.47. The van der Waals surface area contributed by atoms with E-state index < -0.39 is 0 Å². The van der Waals surface area contributed by atoms with Gasteiger partial charge in [-0.1, -0.05) is 18.2 Å². The summed E-state index contributed by atoms with van der Waals surface area (Å²) in [4.78, 5) is 6.62. The molecule has 0 unspecified atom stereocenters. The molecule has 2 nitrogen and oxygen atoms in total. The van der Waals surface area contributed by atoms with Crippen molar-refractivity contribution in [2.24, 2.45) is 4.99 Å². The Bertz CT molecular complexity index is 677. The number of rotatable bonds is 5. The molecule has 22 heavy (non-hydrogen) atoms. The third kappa shape index (κ3) is 4.17. The summed E-state index contributed by atoms with van der Waals surface area (Å²) < 4.78 is 13.3. The Morgan fingerprint density at radius 2 is 1.95 bits per heavy atom. The number of aliphatic imine (C=N–C) groups is 1. The van der Waals surface area contributed by atoms with Crippen molar-refractivity contribution >= 4 is 12.0 Å². The van der Waals surface area contributed by atoms with E-state index in [1.54, 1.807) is 12.1 Å². The zero-order valence-corrected chi connectivity index (χ0v) is 13.7. The van der Waals surface area contributed by atoms with E-state index in [0.717, 1.165) is 29.8 Å². The van der Waals surface area contributed by atoms with Gasteiger partial charge >= 0.3 is 0 Å². The third-order valence-electron chi connectivity index (χ3n) is 3.81. The van der Waals surface area contributed by atoms with Crippen molar-refractivity contribution in [3.05, 3.63) is 64.5 Å². The van der Waals surface area contributed by atoms with Crippen LogP contribution in [0.2, 0.25) is 0 Å². The molecule has 0 N–H and O–H groups in total. The van der Waals surface area contributed by atoms with Gasteiger partial charge in [-0.2, -0.15) is 0 Å². The van der Waals surface area contributed by atoms with Gasteiger partial charge in [-0.3, -0.25) is 0 Å². The SMILES string of the molecule is CCN(C)C=Nc1cc(C)cc(Cc2cccc(F)c2)c1C. The first-order chi connectivity index (χ1) is 10.5. The summed E-state index contributed by atoms with van der Waals surface area (Å²) in [5, 5.41) is 0. The number of hydrogen-bond donors (Lipinski definition) is 0. The van der Waals surface area contributed by atoms with Gasteiger partial charge < -0.3 is 4.90 Å². The van der Waals surface area contributed by atoms with Crippen molar-refractivity contribution in [2.45, 2.75) is 27.2 Å². The average Bonchev–Trinajstić information content (AvgIpc) is 2.48. The van der Waals surface area contributed by atoms with Crippen molar-refractivity contribution in [1.82, 2.24) is 4.90 Å². The largest absolute Gasteiger partial charge is 0.366 e. The minimum absolute atomic E-state index is 0.189. The first-order valence-electron chi connectivity index (χ1n) is 7.58. The predicted octanol–water partition coefficient (Wildman–Crippen LogP) is 4.64. The van der Waals surface area contributed by atoms with Crippen LogP contribution in [0.15, 0.2) is 41.4 Å². The highest BCUT2D eigenvalue weighted by Gasteiger charge is 2.07. The molecule has 0 fully saturated rings. The molecule has 0 saturated heterocycles. The van der Waals surface area contributed by atoms with Crippen LogP contribution in [0.1, 0.15) is 29.2 Å². The van der Waals surface area contributed by atoms with Crippen LogP contribution in [0.3, 0.4) is 0 Å². The van der Waals surface area contributed by atoms with Gasteiger partial charge in [0.2, 0.25) is 0 Å². The highest BCUT2D eigenvalue weighted by atomic mass is 19.1. The molecule has 116 valence electrons. The standard InChI is InChI=1S/C19H23FN2/c1-5-22(4)13-21-19-10-14(2)9-17(15(19)3)11-16-7-6-8-18(20)12-16/h6-10,12-13H,5,11H2,1-4H3. The first-order valence-corrected chi connectivity index (χ1v) is 7.58. The second-order valence-electron chi connectivity index (χ2n) is 5.69. The van der Waals surface area contributed by atoms with Crippen LogP contribution in [0.25, 0.3) is 0 Å². The highest BCUT2D eigenvalue weighted by Crippen LogP contribution is 2.26. The van der Waals surface area contributed by atoms with Gasteiger partial charge in [0.1, 0.15) is 5.82 Å². The van der Waals surface area contributed by atoms with E-state index in [1.165, 1.54) is 17.2 Å². The number of halogens is 1. The summed E-state index contributed by atoms with van der Waals surface area (Å²) in [7, 11) is 2.00. The van der Waals surface area contributed by atoms with E-state index in [-0.39, 0.29) is 5.82 Å². The second kappa shape index (κ2) is 7.21. The Kier molecular flexibility index (Phi) is 5.31. The monoisotopic (exact) mass is 298 g/mol. The van der Waals surface area contributed by atoms with Gasteiger partial charge in [-0.05, 0) is 67.6 Å². The maximum Gasteiger partial charge on any atom is 0.123 e. The van der Waals surface area contributed by atoms with Gasteiger partial charge in [0.25, 0.3) is 0 Å². The number of nitrogens with zero attached hydrogens (tertiary/aromatic N) is 2. The Morgan fingerprint density at radius 3 is 2.64 bits per heavy atom. The molecule has 2 rings (SSSR count). The highest BCUT2D eigenvalue weighted by molar-refractivity contribution is 5.64. The molecule has 0 amide bonds. The minimum atomic E-state index is -0.189. The molecule has 3 heteroatoms. The molecule has 0 spiro atoms. The van der Waals surface area contributed by atoms with E-state index in [1.807, 2.05) is 24.4 Å². The average molecular weight is 298 g/mol. The summed E-state index contributed by atoms with van der Waals surface area (Å²) >= 11 is 0. The fourth-order valence-corrected chi connectivity index (χ4v) is 2.34. The van der Waals surface area contributed by atoms with Gasteiger partial charge in [-0.15, -0.1) is 0 Å². The summed E-state index contributed by atoms with van der Waals surface area (Å²) in [6.45, 7) is 7.15. The smallest absolute Gasteiger partial charge is 0.123 e. The molecule has 2 aromatic rings. The van der Waals surface area contributed by atoms with E-state index in [0.29, 0.717) is 0 Å². The lowest BCUT2D eigenvalue weighted by Crippen LogP contribution is -2.14. The maximum atomic E-state index is 13.3. The molecular weight excluding hydrogens is 275 g/mol. The van der Waals surface area contributed by atoms with Crippen LogP contribution < -0.4 is 0 Å². The molecule has 2 aromatic carbocycles. The molecule has 0 aromatic heterocycles. The van der Waals surface area contributed by atoms with Crippen molar-refractivity contribution in [3.8, 4) is 0 Å². The molecule has 0 aliphatic carbocycles. The van der Waals surface area contributed by atoms with Crippen molar-refractivity contribution in [1.29, 1.82) is 0 Å². The van der Waals surface area contributed by atoms with E-state index in [9.17, 15) is 4.39 Å². The third-order valence-corrected chi connectivity index (χ3v) is 3.81. The number of aryl methyl sites for hydroxylation is 1. The molecule has 0 bridgehead atoms. The predicted molar refractivity (Wildman–Crippen MR) is 91.6 cm³/mol. The van der Waals surface area contributed by atoms with Crippen LogP contribution >= 0.6 is 0 Å². The zero-order valence-electron chi connectivity index (χ0n) is 13.7. The quantitative estimate of drug-likeness (QED) is 0.580. The van der Waals surface area contributed by atoms with E-state index >= 15 is 0 Å². The normalized spacial score (nSPS) is 11.1. The molecule has 0 atom stereocenters. The Hall–Kier alpha value is -2.16. The Morgan fingerprint density at radius 1 is 1.18 bits per heavy atom.